The zero-order valence-corrected chi connectivity index (χ0v) is 17.7. The molecule has 1 aliphatic rings. The zero-order valence-electron chi connectivity index (χ0n) is 16.2. The smallest absolute Gasteiger partial charge is 0.221 e. The molecule has 2 aromatic heterocycles. The Labute approximate surface area is 179 Å². The predicted molar refractivity (Wildman–Crippen MR) is 116 cm³/mol. The van der Waals surface area contributed by atoms with Crippen LogP contribution >= 0.6 is 23.2 Å². The van der Waals surface area contributed by atoms with Crippen LogP contribution in [0.2, 0.25) is 10.2 Å². The normalized spacial score (nSPS) is 20.1. The second kappa shape index (κ2) is 8.34. The molecule has 3 heterocycles. The number of carbonyl (C=O) groups is 1. The van der Waals surface area contributed by atoms with Gasteiger partial charge >= 0.3 is 0 Å². The van der Waals surface area contributed by atoms with Crippen molar-refractivity contribution in [1.29, 1.82) is 0 Å². The Bertz CT molecular complexity index is 1010. The fraction of sp³-hybridized carbons (Fsp3) is 0.364. The van der Waals surface area contributed by atoms with Crippen LogP contribution in [-0.4, -0.2) is 34.6 Å². The highest BCUT2D eigenvalue weighted by Crippen LogP contribution is 2.34. The first-order chi connectivity index (χ1) is 13.9. The van der Waals surface area contributed by atoms with E-state index in [0.717, 1.165) is 41.5 Å². The highest BCUT2D eigenvalue weighted by Gasteiger charge is 2.30. The topological polar surface area (TPSA) is 67.0 Å². The molecule has 1 saturated heterocycles. The monoisotopic (exact) mass is 431 g/mol. The molecular formula is C22H23Cl2N3O2. The van der Waals surface area contributed by atoms with E-state index >= 15 is 0 Å². The summed E-state index contributed by atoms with van der Waals surface area (Å²) in [5, 5.41) is 5.12. The van der Waals surface area contributed by atoms with Gasteiger partial charge < -0.3 is 15.0 Å². The molecule has 2 atom stereocenters. The molecule has 3 aromatic rings. The van der Waals surface area contributed by atoms with E-state index < -0.39 is 0 Å². The van der Waals surface area contributed by atoms with Gasteiger partial charge in [-0.15, -0.1) is 0 Å². The van der Waals surface area contributed by atoms with Gasteiger partial charge in [-0.3, -0.25) is 4.79 Å². The molecular weight excluding hydrogens is 409 g/mol. The standard InChI is InChI=1S/C22H23Cl2N3O2/c1-22(7-2-8-29-22)13-27-21(28)10-16(14-3-6-20(24)26-11-14)18-12-25-19-5-4-15(23)9-17(18)19/h3-6,9,11-12,16,25H,2,7-8,10,13H2,1H3,(H,27,28)/t16-,22-/m1/s1. The van der Waals surface area contributed by atoms with Crippen LogP contribution in [-0.2, 0) is 9.53 Å². The lowest BCUT2D eigenvalue weighted by Gasteiger charge is -2.24. The van der Waals surface area contributed by atoms with E-state index in [1.165, 1.54) is 0 Å². The Balaban J connectivity index is 1.61. The minimum absolute atomic E-state index is 0.0296. The van der Waals surface area contributed by atoms with Gasteiger partial charge in [0.15, 0.2) is 0 Å². The van der Waals surface area contributed by atoms with Gasteiger partial charge in [-0.25, -0.2) is 4.98 Å². The number of rotatable bonds is 6. The highest BCUT2D eigenvalue weighted by molar-refractivity contribution is 6.31. The lowest BCUT2D eigenvalue weighted by atomic mass is 9.89. The molecule has 0 radical (unpaired) electrons. The third-order valence-electron chi connectivity index (χ3n) is 5.55. The summed E-state index contributed by atoms with van der Waals surface area (Å²) >= 11 is 12.2. The van der Waals surface area contributed by atoms with Crippen molar-refractivity contribution in [2.75, 3.05) is 13.2 Å². The minimum atomic E-state index is -0.276. The number of pyridine rings is 1. The van der Waals surface area contributed by atoms with Crippen molar-refractivity contribution in [1.82, 2.24) is 15.3 Å². The van der Waals surface area contributed by atoms with E-state index in [1.54, 1.807) is 12.3 Å². The van der Waals surface area contributed by atoms with Crippen molar-refractivity contribution in [3.63, 3.8) is 0 Å². The molecule has 1 aromatic carbocycles. The summed E-state index contributed by atoms with van der Waals surface area (Å²) in [7, 11) is 0. The lowest BCUT2D eigenvalue weighted by Crippen LogP contribution is -2.40. The third-order valence-corrected chi connectivity index (χ3v) is 6.01. The number of amides is 1. The van der Waals surface area contributed by atoms with E-state index in [9.17, 15) is 4.79 Å². The van der Waals surface area contributed by atoms with E-state index in [2.05, 4.69) is 15.3 Å². The maximum Gasteiger partial charge on any atom is 0.221 e. The van der Waals surface area contributed by atoms with Crippen LogP contribution in [0, 0.1) is 0 Å². The molecule has 152 valence electrons. The Morgan fingerprint density at radius 1 is 1.34 bits per heavy atom. The SMILES string of the molecule is C[C@]1(CNC(=O)C[C@H](c2ccc(Cl)nc2)c2c[nH]c3ccc(Cl)cc23)CCCO1. The Hall–Kier alpha value is -2.08. The molecule has 7 heteroatoms. The van der Waals surface area contributed by atoms with Crippen LogP contribution in [0.15, 0.2) is 42.7 Å². The number of halogens is 2. The number of aromatic nitrogens is 2. The zero-order chi connectivity index (χ0) is 20.4. The van der Waals surface area contributed by atoms with Gasteiger partial charge in [-0.05, 0) is 55.2 Å². The molecule has 0 saturated carbocycles. The maximum absolute atomic E-state index is 12.8. The minimum Gasteiger partial charge on any atom is -0.373 e. The van der Waals surface area contributed by atoms with Gasteiger partial charge in [0.05, 0.1) is 5.60 Å². The number of hydrogen-bond acceptors (Lipinski definition) is 3. The Kier molecular flexibility index (Phi) is 5.81. The van der Waals surface area contributed by atoms with Crippen molar-refractivity contribution >= 4 is 40.0 Å². The van der Waals surface area contributed by atoms with Crippen LogP contribution < -0.4 is 5.32 Å². The van der Waals surface area contributed by atoms with Crippen molar-refractivity contribution in [3.05, 3.63) is 64.0 Å². The maximum atomic E-state index is 12.8. The molecule has 0 aliphatic carbocycles. The summed E-state index contributed by atoms with van der Waals surface area (Å²) in [6.07, 6.45) is 5.94. The second-order valence-electron chi connectivity index (χ2n) is 7.78. The number of carbonyl (C=O) groups excluding carboxylic acids is 1. The first kappa shape index (κ1) is 20.2. The molecule has 0 bridgehead atoms. The molecule has 2 N–H and O–H groups in total. The van der Waals surface area contributed by atoms with Crippen molar-refractivity contribution in [2.24, 2.45) is 0 Å². The fourth-order valence-electron chi connectivity index (χ4n) is 3.92. The van der Waals surface area contributed by atoms with Gasteiger partial charge in [-0.1, -0.05) is 29.3 Å². The number of ether oxygens (including phenoxy) is 1. The number of aromatic amines is 1. The quantitative estimate of drug-likeness (QED) is 0.534. The van der Waals surface area contributed by atoms with E-state index in [0.29, 0.717) is 23.1 Å². The number of hydrogen-bond donors (Lipinski definition) is 2. The van der Waals surface area contributed by atoms with E-state index in [4.69, 9.17) is 27.9 Å². The number of H-pyrrole nitrogens is 1. The molecule has 1 amide bonds. The summed E-state index contributed by atoms with van der Waals surface area (Å²) in [5.74, 6) is -0.206. The first-order valence-corrected chi connectivity index (χ1v) is 10.5. The molecule has 0 spiro atoms. The summed E-state index contributed by atoms with van der Waals surface area (Å²) in [6, 6.07) is 9.37. The van der Waals surface area contributed by atoms with Gasteiger partial charge in [0.2, 0.25) is 5.91 Å². The van der Waals surface area contributed by atoms with Gasteiger partial charge in [0.25, 0.3) is 0 Å². The third kappa shape index (κ3) is 4.58. The molecule has 29 heavy (non-hydrogen) atoms. The second-order valence-corrected chi connectivity index (χ2v) is 8.61. The average molecular weight is 432 g/mol. The van der Waals surface area contributed by atoms with E-state index in [-0.39, 0.29) is 17.4 Å². The highest BCUT2D eigenvalue weighted by atomic mass is 35.5. The molecule has 4 rings (SSSR count). The van der Waals surface area contributed by atoms with Crippen molar-refractivity contribution in [2.45, 2.75) is 37.7 Å². The van der Waals surface area contributed by atoms with Crippen molar-refractivity contribution < 1.29 is 9.53 Å². The summed E-state index contributed by atoms with van der Waals surface area (Å²) < 4.78 is 5.78. The first-order valence-electron chi connectivity index (χ1n) is 9.72. The summed E-state index contributed by atoms with van der Waals surface area (Å²) in [4.78, 5) is 20.3. The van der Waals surface area contributed by atoms with Crippen LogP contribution in [0.4, 0.5) is 0 Å². The van der Waals surface area contributed by atoms with Gasteiger partial charge in [-0.2, -0.15) is 0 Å². The van der Waals surface area contributed by atoms with Gasteiger partial charge in [0.1, 0.15) is 5.15 Å². The van der Waals surface area contributed by atoms with Crippen LogP contribution in [0.25, 0.3) is 10.9 Å². The van der Waals surface area contributed by atoms with Crippen LogP contribution in [0.3, 0.4) is 0 Å². The Morgan fingerprint density at radius 2 is 2.21 bits per heavy atom. The fourth-order valence-corrected chi connectivity index (χ4v) is 4.21. The van der Waals surface area contributed by atoms with Crippen LogP contribution in [0.5, 0.6) is 0 Å². The number of nitrogens with zero attached hydrogens (tertiary/aromatic N) is 1. The average Bonchev–Trinajstić information content (AvgIpc) is 3.32. The van der Waals surface area contributed by atoms with Crippen LogP contribution in [0.1, 0.15) is 43.2 Å². The molecule has 0 unspecified atom stereocenters. The Morgan fingerprint density at radius 3 is 2.93 bits per heavy atom. The summed E-state index contributed by atoms with van der Waals surface area (Å²) in [5.41, 5.74) is 2.63. The number of benzene rings is 1. The van der Waals surface area contributed by atoms with Crippen molar-refractivity contribution in [3.8, 4) is 0 Å². The lowest BCUT2D eigenvalue weighted by molar-refractivity contribution is -0.122. The summed E-state index contributed by atoms with van der Waals surface area (Å²) in [6.45, 7) is 3.31. The molecule has 1 fully saturated rings. The molecule has 1 aliphatic heterocycles. The predicted octanol–water partition coefficient (Wildman–Crippen LogP) is 5.08. The molecule has 5 nitrogen and oxygen atoms in total. The number of nitrogens with one attached hydrogen (secondary N) is 2. The van der Waals surface area contributed by atoms with E-state index in [1.807, 2.05) is 37.4 Å². The largest absolute Gasteiger partial charge is 0.373 e. The van der Waals surface area contributed by atoms with Gasteiger partial charge in [0, 0.05) is 53.8 Å². The number of fused-ring (bicyclic) bond motifs is 1.